The number of aromatic nitrogens is 1. The molecule has 36 heavy (non-hydrogen) atoms. The zero-order valence-electron chi connectivity index (χ0n) is 22.0. The molecule has 0 fully saturated rings. The number of nitrogens with zero attached hydrogens (tertiary/aromatic N) is 2. The van der Waals surface area contributed by atoms with E-state index in [1.165, 1.54) is 35.2 Å². The van der Waals surface area contributed by atoms with Crippen LogP contribution in [-0.2, 0) is 12.8 Å². The molecule has 4 rings (SSSR count). The molecule has 0 saturated carbocycles. The van der Waals surface area contributed by atoms with E-state index in [2.05, 4.69) is 52.8 Å². The maximum Gasteiger partial charge on any atom is 0.412 e. The van der Waals surface area contributed by atoms with Gasteiger partial charge in [0.15, 0.2) is 0 Å². The number of anilines is 1. The molecule has 2 aromatic carbocycles. The Morgan fingerprint density at radius 2 is 1.78 bits per heavy atom. The Bertz CT molecular complexity index is 1160. The number of benzene rings is 2. The summed E-state index contributed by atoms with van der Waals surface area (Å²) in [5, 5.41) is 7.86. The van der Waals surface area contributed by atoms with Crippen molar-refractivity contribution in [3.63, 3.8) is 0 Å². The number of unbranched alkanes of at least 4 members (excludes halogenated alkanes) is 3. The second-order valence-electron chi connectivity index (χ2n) is 10.0. The fourth-order valence-electron chi connectivity index (χ4n) is 4.86. The standard InChI is InChI=1S/C30H40N4O2/c1-22(34(2)3)23-13-12-14-24(21-23)36-30(35)32-20-11-5-4-10-19-31-29-25-15-6-8-17-27(25)33-28-18-9-7-16-26(28)29/h6,8,12-15,17,21-22H,4-5,7,9-11,16,18-20H2,1-3H3,(H,31,33)(H,32,35)/t22-/m0/s1. The predicted molar refractivity (Wildman–Crippen MR) is 148 cm³/mol. The van der Waals surface area contributed by atoms with Gasteiger partial charge in [0.25, 0.3) is 0 Å². The number of amides is 1. The van der Waals surface area contributed by atoms with Crippen LogP contribution in [0.15, 0.2) is 48.5 Å². The molecule has 1 aliphatic carbocycles. The number of rotatable bonds is 11. The molecule has 2 N–H and O–H groups in total. The number of hydrogen-bond acceptors (Lipinski definition) is 5. The highest BCUT2D eigenvalue weighted by Gasteiger charge is 2.17. The lowest BCUT2D eigenvalue weighted by Gasteiger charge is -2.21. The second-order valence-corrected chi connectivity index (χ2v) is 10.0. The lowest BCUT2D eigenvalue weighted by Crippen LogP contribution is -2.27. The fourth-order valence-corrected chi connectivity index (χ4v) is 4.86. The summed E-state index contributed by atoms with van der Waals surface area (Å²) in [6.45, 7) is 3.71. The lowest BCUT2D eigenvalue weighted by molar-refractivity contribution is 0.200. The molecule has 192 valence electrons. The van der Waals surface area contributed by atoms with Crippen LogP contribution in [0.2, 0.25) is 0 Å². The molecule has 6 nitrogen and oxygen atoms in total. The number of nitrogens with one attached hydrogen (secondary N) is 2. The van der Waals surface area contributed by atoms with E-state index in [4.69, 9.17) is 9.72 Å². The Morgan fingerprint density at radius 3 is 2.61 bits per heavy atom. The molecule has 6 heteroatoms. The third kappa shape index (κ3) is 6.76. The number of ether oxygens (including phenoxy) is 1. The summed E-state index contributed by atoms with van der Waals surface area (Å²) in [6.07, 6.45) is 8.56. The van der Waals surface area contributed by atoms with Gasteiger partial charge in [0.2, 0.25) is 0 Å². The number of fused-ring (bicyclic) bond motifs is 2. The minimum atomic E-state index is -0.388. The van der Waals surface area contributed by atoms with Gasteiger partial charge < -0.3 is 20.3 Å². The third-order valence-electron chi connectivity index (χ3n) is 7.17. The van der Waals surface area contributed by atoms with Crippen LogP contribution < -0.4 is 15.4 Å². The van der Waals surface area contributed by atoms with Gasteiger partial charge in [-0.15, -0.1) is 0 Å². The van der Waals surface area contributed by atoms with Gasteiger partial charge >= 0.3 is 6.09 Å². The van der Waals surface area contributed by atoms with Crippen molar-refractivity contribution >= 4 is 22.7 Å². The van der Waals surface area contributed by atoms with Crippen LogP contribution >= 0.6 is 0 Å². The average Bonchev–Trinajstić information content (AvgIpc) is 2.89. The van der Waals surface area contributed by atoms with E-state index in [0.717, 1.165) is 56.1 Å². The molecule has 0 bridgehead atoms. The molecule has 0 saturated heterocycles. The van der Waals surface area contributed by atoms with E-state index in [-0.39, 0.29) is 12.1 Å². The normalized spacial score (nSPS) is 13.9. The minimum absolute atomic E-state index is 0.258. The minimum Gasteiger partial charge on any atom is -0.410 e. The third-order valence-corrected chi connectivity index (χ3v) is 7.17. The average molecular weight is 489 g/mol. The van der Waals surface area contributed by atoms with E-state index < -0.39 is 0 Å². The summed E-state index contributed by atoms with van der Waals surface area (Å²) in [5.41, 5.74) is 6.21. The van der Waals surface area contributed by atoms with Gasteiger partial charge in [0.1, 0.15) is 5.75 Å². The quantitative estimate of drug-likeness (QED) is 0.302. The first-order chi connectivity index (χ1) is 17.5. The van der Waals surface area contributed by atoms with E-state index >= 15 is 0 Å². The van der Waals surface area contributed by atoms with Gasteiger partial charge in [-0.1, -0.05) is 43.2 Å². The van der Waals surface area contributed by atoms with Gasteiger partial charge in [-0.05, 0) is 88.9 Å². The lowest BCUT2D eigenvalue weighted by atomic mass is 9.92. The van der Waals surface area contributed by atoms with Gasteiger partial charge in [-0.3, -0.25) is 4.98 Å². The van der Waals surface area contributed by atoms with Crippen molar-refractivity contribution in [1.82, 2.24) is 15.2 Å². The second kappa shape index (κ2) is 12.7. The number of hydrogen-bond donors (Lipinski definition) is 2. The monoisotopic (exact) mass is 488 g/mol. The maximum atomic E-state index is 12.2. The summed E-state index contributed by atoms with van der Waals surface area (Å²) in [5.74, 6) is 0.579. The smallest absolute Gasteiger partial charge is 0.410 e. The number of carbonyl (C=O) groups excluding carboxylic acids is 1. The predicted octanol–water partition coefficient (Wildman–Crippen LogP) is 6.50. The zero-order valence-corrected chi connectivity index (χ0v) is 22.0. The molecule has 0 aliphatic heterocycles. The van der Waals surface area contributed by atoms with Crippen LogP contribution in [-0.4, -0.2) is 43.2 Å². The van der Waals surface area contributed by atoms with Gasteiger partial charge in [0, 0.05) is 35.9 Å². The van der Waals surface area contributed by atoms with Crippen molar-refractivity contribution in [2.45, 2.75) is 64.3 Å². The van der Waals surface area contributed by atoms with Crippen molar-refractivity contribution in [1.29, 1.82) is 0 Å². The Balaban J connectivity index is 1.16. The SMILES string of the molecule is C[C@@H](c1cccc(OC(=O)NCCCCCCNc2c3c(nc4ccccc24)CCCC3)c1)N(C)C. The number of carbonyl (C=O) groups is 1. The van der Waals surface area contributed by atoms with E-state index in [1.54, 1.807) is 0 Å². The van der Waals surface area contributed by atoms with Crippen LogP contribution in [0.25, 0.3) is 10.9 Å². The molecule has 1 aromatic heterocycles. The van der Waals surface area contributed by atoms with Crippen molar-refractivity contribution in [3.8, 4) is 5.75 Å². The van der Waals surface area contributed by atoms with Gasteiger partial charge in [-0.25, -0.2) is 4.79 Å². The maximum absolute atomic E-state index is 12.2. The number of para-hydroxylation sites is 1. The largest absolute Gasteiger partial charge is 0.412 e. The molecular formula is C30H40N4O2. The summed E-state index contributed by atoms with van der Waals surface area (Å²) < 4.78 is 5.48. The van der Waals surface area contributed by atoms with Crippen LogP contribution in [0.1, 0.15) is 68.3 Å². The first-order valence-corrected chi connectivity index (χ1v) is 13.4. The first-order valence-electron chi connectivity index (χ1n) is 13.4. The highest BCUT2D eigenvalue weighted by atomic mass is 16.6. The van der Waals surface area contributed by atoms with Crippen LogP contribution in [0.5, 0.6) is 5.75 Å². The van der Waals surface area contributed by atoms with Gasteiger partial charge in [0.05, 0.1) is 5.52 Å². The summed E-state index contributed by atoms with van der Waals surface area (Å²) >= 11 is 0. The Morgan fingerprint density at radius 1 is 1.00 bits per heavy atom. The van der Waals surface area contributed by atoms with E-state index in [9.17, 15) is 4.79 Å². The Kier molecular flexibility index (Phi) is 9.17. The van der Waals surface area contributed by atoms with Crippen molar-refractivity contribution in [2.24, 2.45) is 0 Å². The molecule has 3 aromatic rings. The van der Waals surface area contributed by atoms with Crippen molar-refractivity contribution in [3.05, 3.63) is 65.4 Å². The van der Waals surface area contributed by atoms with Crippen LogP contribution in [0.4, 0.5) is 10.5 Å². The highest BCUT2D eigenvalue weighted by Crippen LogP contribution is 2.33. The van der Waals surface area contributed by atoms with E-state index in [1.807, 2.05) is 32.3 Å². The molecule has 0 spiro atoms. The van der Waals surface area contributed by atoms with Crippen LogP contribution in [0.3, 0.4) is 0 Å². The molecular weight excluding hydrogens is 448 g/mol. The molecule has 0 radical (unpaired) electrons. The molecule has 1 atom stereocenters. The molecule has 1 heterocycles. The summed E-state index contributed by atoms with van der Waals surface area (Å²) in [4.78, 5) is 19.2. The highest BCUT2D eigenvalue weighted by molar-refractivity contribution is 5.93. The first kappa shape index (κ1) is 26.0. The summed E-state index contributed by atoms with van der Waals surface area (Å²) in [7, 11) is 4.07. The fraction of sp³-hybridized carbons (Fsp3) is 0.467. The van der Waals surface area contributed by atoms with Crippen molar-refractivity contribution < 1.29 is 9.53 Å². The zero-order chi connectivity index (χ0) is 25.3. The van der Waals surface area contributed by atoms with E-state index in [0.29, 0.717) is 12.3 Å². The number of aryl methyl sites for hydroxylation is 1. The molecule has 1 aliphatic rings. The molecule has 1 amide bonds. The van der Waals surface area contributed by atoms with Crippen molar-refractivity contribution in [2.75, 3.05) is 32.5 Å². The Labute approximate surface area is 215 Å². The Hall–Kier alpha value is -3.12. The number of pyridine rings is 1. The summed E-state index contributed by atoms with van der Waals surface area (Å²) in [6, 6.07) is 16.5. The van der Waals surface area contributed by atoms with Crippen LogP contribution in [0, 0.1) is 0 Å². The molecule has 0 unspecified atom stereocenters. The topological polar surface area (TPSA) is 66.5 Å². The van der Waals surface area contributed by atoms with Gasteiger partial charge in [-0.2, -0.15) is 0 Å².